The summed E-state index contributed by atoms with van der Waals surface area (Å²) in [7, 11) is 0. The van der Waals surface area contributed by atoms with Gasteiger partial charge in [0.2, 0.25) is 5.91 Å². The number of aliphatic imine (C=N–C) groups is 1. The van der Waals surface area contributed by atoms with E-state index in [1.165, 1.54) is 0 Å². The van der Waals surface area contributed by atoms with Crippen molar-refractivity contribution in [3.8, 4) is 5.75 Å². The summed E-state index contributed by atoms with van der Waals surface area (Å²) in [5.74, 6) is 1.71. The van der Waals surface area contributed by atoms with Crippen molar-refractivity contribution in [2.75, 3.05) is 24.5 Å². The van der Waals surface area contributed by atoms with Gasteiger partial charge in [-0.1, -0.05) is 0 Å². The molecule has 7 heteroatoms. The summed E-state index contributed by atoms with van der Waals surface area (Å²) in [5, 5.41) is 0. The van der Waals surface area contributed by atoms with Gasteiger partial charge < -0.3 is 14.5 Å². The van der Waals surface area contributed by atoms with Gasteiger partial charge in [-0.15, -0.1) is 0 Å². The van der Waals surface area contributed by atoms with Gasteiger partial charge in [-0.3, -0.25) is 4.79 Å². The van der Waals surface area contributed by atoms with E-state index in [0.717, 1.165) is 40.8 Å². The summed E-state index contributed by atoms with van der Waals surface area (Å²) in [6.45, 7) is 9.89. The molecule has 1 saturated heterocycles. The lowest BCUT2D eigenvalue weighted by Gasteiger charge is -2.37. The number of carbonyl (C=O) groups excluding carboxylic acids is 1. The number of benzene rings is 1. The van der Waals surface area contributed by atoms with Gasteiger partial charge in [-0.2, -0.15) is 0 Å². The predicted octanol–water partition coefficient (Wildman–Crippen LogP) is 2.80. The number of rotatable bonds is 5. The maximum absolute atomic E-state index is 12.4. The van der Waals surface area contributed by atoms with Crippen molar-refractivity contribution in [1.29, 1.82) is 0 Å². The van der Waals surface area contributed by atoms with Crippen LogP contribution in [0.4, 0.5) is 11.5 Å². The largest absolute Gasteiger partial charge is 0.491 e. The second-order valence-electron chi connectivity index (χ2n) is 7.67. The average molecular weight is 379 g/mol. The fourth-order valence-corrected chi connectivity index (χ4v) is 3.55. The van der Waals surface area contributed by atoms with Crippen molar-refractivity contribution in [3.63, 3.8) is 0 Å². The van der Waals surface area contributed by atoms with Gasteiger partial charge in [0.1, 0.15) is 17.9 Å². The number of amides is 1. The molecule has 0 bridgehead atoms. The molecule has 146 valence electrons. The molecule has 1 fully saturated rings. The first kappa shape index (κ1) is 18.4. The molecular formula is C21H25N5O2. The SMILES string of the molecule is CC(C)Oc1ccc2c(c1)C(c1cc(N3CCN(C(C)C)C(=O)C3)ncn1)=N2. The first-order valence-corrected chi connectivity index (χ1v) is 9.69. The zero-order valence-electron chi connectivity index (χ0n) is 16.7. The maximum Gasteiger partial charge on any atom is 0.242 e. The van der Waals surface area contributed by atoms with Crippen LogP contribution in [0, 0.1) is 0 Å². The quantitative estimate of drug-likeness (QED) is 0.682. The Morgan fingerprint density at radius 1 is 1.07 bits per heavy atom. The first-order valence-electron chi connectivity index (χ1n) is 9.69. The van der Waals surface area contributed by atoms with Crippen LogP contribution < -0.4 is 9.64 Å². The van der Waals surface area contributed by atoms with Gasteiger partial charge in [-0.25, -0.2) is 15.0 Å². The van der Waals surface area contributed by atoms with Crippen molar-refractivity contribution in [1.82, 2.24) is 14.9 Å². The molecule has 28 heavy (non-hydrogen) atoms. The lowest BCUT2D eigenvalue weighted by atomic mass is 9.98. The van der Waals surface area contributed by atoms with E-state index in [4.69, 9.17) is 4.74 Å². The van der Waals surface area contributed by atoms with Gasteiger partial charge in [0.05, 0.1) is 29.7 Å². The molecule has 1 aromatic heterocycles. The van der Waals surface area contributed by atoms with Crippen molar-refractivity contribution >= 4 is 23.1 Å². The van der Waals surface area contributed by atoms with Crippen LogP contribution in [-0.2, 0) is 4.79 Å². The normalized spacial score (nSPS) is 16.2. The number of nitrogens with zero attached hydrogens (tertiary/aromatic N) is 5. The summed E-state index contributed by atoms with van der Waals surface area (Å²) < 4.78 is 5.79. The minimum Gasteiger partial charge on any atom is -0.491 e. The Morgan fingerprint density at radius 3 is 2.61 bits per heavy atom. The molecule has 4 rings (SSSR count). The van der Waals surface area contributed by atoms with E-state index >= 15 is 0 Å². The summed E-state index contributed by atoms with van der Waals surface area (Å²) in [6.07, 6.45) is 1.66. The average Bonchev–Trinajstić information content (AvgIpc) is 2.63. The van der Waals surface area contributed by atoms with Gasteiger partial charge in [0.15, 0.2) is 0 Å². The minimum atomic E-state index is 0.117. The lowest BCUT2D eigenvalue weighted by Crippen LogP contribution is -2.53. The summed E-state index contributed by atoms with van der Waals surface area (Å²) in [4.78, 5) is 29.7. The number of anilines is 1. The standard InChI is InChI=1S/C21H25N5O2/c1-13(2)26-8-7-25(11-20(26)27)19-10-18(22-12-23-19)21-16-9-15(28-14(3)4)5-6-17(16)24-21/h5-6,9-10,12-14H,7-8,11H2,1-4H3. The molecule has 2 aliphatic heterocycles. The number of hydrogen-bond acceptors (Lipinski definition) is 6. The van der Waals surface area contributed by atoms with Crippen LogP contribution >= 0.6 is 0 Å². The number of piperazine rings is 1. The highest BCUT2D eigenvalue weighted by atomic mass is 16.5. The van der Waals surface area contributed by atoms with Gasteiger partial charge in [0.25, 0.3) is 0 Å². The topological polar surface area (TPSA) is 70.9 Å². The molecule has 0 aliphatic carbocycles. The minimum absolute atomic E-state index is 0.117. The van der Waals surface area contributed by atoms with Crippen LogP contribution in [0.3, 0.4) is 0 Å². The van der Waals surface area contributed by atoms with E-state index in [1.54, 1.807) is 6.33 Å². The zero-order valence-corrected chi connectivity index (χ0v) is 16.7. The Kier molecular flexibility index (Phi) is 4.75. The van der Waals surface area contributed by atoms with Crippen LogP contribution in [0.15, 0.2) is 35.6 Å². The number of ether oxygens (including phenoxy) is 1. The molecule has 0 N–H and O–H groups in total. The fourth-order valence-electron chi connectivity index (χ4n) is 3.55. The Hall–Kier alpha value is -2.96. The van der Waals surface area contributed by atoms with Crippen molar-refractivity contribution in [2.24, 2.45) is 4.99 Å². The Labute approximate surface area is 165 Å². The van der Waals surface area contributed by atoms with Crippen LogP contribution in [0.1, 0.15) is 39.0 Å². The van der Waals surface area contributed by atoms with Crippen LogP contribution in [0.2, 0.25) is 0 Å². The lowest BCUT2D eigenvalue weighted by molar-refractivity contribution is -0.132. The third-order valence-electron chi connectivity index (χ3n) is 4.93. The third kappa shape index (κ3) is 3.44. The predicted molar refractivity (Wildman–Crippen MR) is 109 cm³/mol. The zero-order chi connectivity index (χ0) is 19.8. The highest BCUT2D eigenvalue weighted by molar-refractivity contribution is 6.21. The van der Waals surface area contributed by atoms with Crippen LogP contribution in [0.25, 0.3) is 0 Å². The molecule has 3 heterocycles. The van der Waals surface area contributed by atoms with Crippen LogP contribution in [0.5, 0.6) is 5.75 Å². The second-order valence-corrected chi connectivity index (χ2v) is 7.67. The molecule has 0 atom stereocenters. The molecule has 7 nitrogen and oxygen atoms in total. The summed E-state index contributed by atoms with van der Waals surface area (Å²) >= 11 is 0. The second kappa shape index (κ2) is 7.22. The van der Waals surface area contributed by atoms with Crippen molar-refractivity contribution < 1.29 is 9.53 Å². The Morgan fingerprint density at radius 2 is 1.89 bits per heavy atom. The summed E-state index contributed by atoms with van der Waals surface area (Å²) in [5.41, 5.74) is 3.56. The van der Waals surface area contributed by atoms with Crippen molar-refractivity contribution in [3.05, 3.63) is 41.9 Å². The Bertz CT molecular complexity index is 938. The summed E-state index contributed by atoms with van der Waals surface area (Å²) in [6, 6.07) is 8.03. The van der Waals surface area contributed by atoms with Gasteiger partial charge in [0, 0.05) is 30.8 Å². The third-order valence-corrected chi connectivity index (χ3v) is 4.93. The molecule has 0 saturated carbocycles. The van der Waals surface area contributed by atoms with Crippen LogP contribution in [-0.4, -0.2) is 58.3 Å². The molecule has 0 spiro atoms. The van der Waals surface area contributed by atoms with E-state index in [2.05, 4.69) is 15.0 Å². The highest BCUT2D eigenvalue weighted by Crippen LogP contribution is 2.35. The monoisotopic (exact) mass is 379 g/mol. The molecule has 2 aromatic rings. The molecule has 0 unspecified atom stereocenters. The molecular weight excluding hydrogens is 354 g/mol. The maximum atomic E-state index is 12.4. The molecule has 2 aliphatic rings. The number of fused-ring (bicyclic) bond motifs is 1. The van der Waals surface area contributed by atoms with Gasteiger partial charge in [-0.05, 0) is 45.9 Å². The number of carbonyl (C=O) groups is 1. The highest BCUT2D eigenvalue weighted by Gasteiger charge is 2.28. The van der Waals surface area contributed by atoms with E-state index in [1.807, 2.05) is 61.8 Å². The molecule has 0 radical (unpaired) electrons. The smallest absolute Gasteiger partial charge is 0.242 e. The number of hydrogen-bond donors (Lipinski definition) is 0. The fraction of sp³-hybridized carbons (Fsp3) is 0.429. The molecule has 1 aromatic carbocycles. The van der Waals surface area contributed by atoms with E-state index in [0.29, 0.717) is 13.1 Å². The van der Waals surface area contributed by atoms with Gasteiger partial charge >= 0.3 is 0 Å². The van der Waals surface area contributed by atoms with E-state index in [-0.39, 0.29) is 18.1 Å². The van der Waals surface area contributed by atoms with E-state index in [9.17, 15) is 4.79 Å². The first-order chi connectivity index (χ1) is 13.4. The Balaban J connectivity index is 1.54. The molecule has 1 amide bonds. The number of aromatic nitrogens is 2. The van der Waals surface area contributed by atoms with E-state index < -0.39 is 0 Å². The van der Waals surface area contributed by atoms with Crippen molar-refractivity contribution in [2.45, 2.75) is 39.8 Å².